The summed E-state index contributed by atoms with van der Waals surface area (Å²) in [6.45, 7) is 8.66. The van der Waals surface area contributed by atoms with Gasteiger partial charge in [-0.15, -0.1) is 11.3 Å². The highest BCUT2D eigenvalue weighted by atomic mass is 32.1. The van der Waals surface area contributed by atoms with Crippen LogP contribution < -0.4 is 5.32 Å². The molecule has 1 aliphatic carbocycles. The van der Waals surface area contributed by atoms with Gasteiger partial charge in [-0.25, -0.2) is 0 Å². The molecule has 4 rings (SSSR count). The molecule has 0 saturated carbocycles. The van der Waals surface area contributed by atoms with Gasteiger partial charge < -0.3 is 15.0 Å². The summed E-state index contributed by atoms with van der Waals surface area (Å²) in [5, 5.41) is 5.25. The molecule has 1 N–H and O–H groups in total. The van der Waals surface area contributed by atoms with Crippen molar-refractivity contribution < 1.29 is 9.53 Å². The fourth-order valence-corrected chi connectivity index (χ4v) is 5.69. The van der Waals surface area contributed by atoms with Gasteiger partial charge in [0.05, 0.1) is 18.0 Å². The number of likely N-dealkylation sites (N-methyl/N-ethyl adjacent to an activating group) is 1. The third-order valence-corrected chi connectivity index (χ3v) is 7.69. The Morgan fingerprint density at radius 1 is 1.19 bits per heavy atom. The number of ether oxygens (including phenoxy) is 1. The zero-order chi connectivity index (χ0) is 22.1. The van der Waals surface area contributed by atoms with Crippen LogP contribution in [-0.4, -0.2) is 44.1 Å². The predicted molar refractivity (Wildman–Crippen MR) is 129 cm³/mol. The van der Waals surface area contributed by atoms with Gasteiger partial charge in [0.25, 0.3) is 5.91 Å². The topological polar surface area (TPSA) is 41.6 Å². The monoisotopic (exact) mass is 436 g/mol. The second-order valence-corrected chi connectivity index (χ2v) is 9.50. The second kappa shape index (κ2) is 9.01. The number of fused-ring (bicyclic) bond motifs is 3. The summed E-state index contributed by atoms with van der Waals surface area (Å²) in [5.41, 5.74) is 5.92. The van der Waals surface area contributed by atoms with E-state index < -0.39 is 0 Å². The van der Waals surface area contributed by atoms with Crippen molar-refractivity contribution in [2.45, 2.75) is 45.1 Å². The first-order valence-electron chi connectivity index (χ1n) is 11.1. The molecule has 2 heterocycles. The molecule has 1 aromatic carbocycles. The van der Waals surface area contributed by atoms with Crippen LogP contribution in [0, 0.1) is 0 Å². The van der Waals surface area contributed by atoms with E-state index in [1.54, 1.807) is 7.11 Å². The zero-order valence-corrected chi connectivity index (χ0v) is 19.9. The number of allylic oxidation sites excluding steroid dienone is 1. The number of hydrogen-bond donors (Lipinski definition) is 1. The molecular weight excluding hydrogens is 404 g/mol. The normalized spacial score (nSPS) is 21.4. The molecule has 164 valence electrons. The first-order chi connectivity index (χ1) is 15.0. The van der Waals surface area contributed by atoms with Crippen molar-refractivity contribution in [2.75, 3.05) is 27.2 Å². The quantitative estimate of drug-likeness (QED) is 0.631. The van der Waals surface area contributed by atoms with Crippen molar-refractivity contribution in [3.8, 4) is 0 Å². The Kier molecular flexibility index (Phi) is 6.35. The Morgan fingerprint density at radius 3 is 2.58 bits per heavy atom. The van der Waals surface area contributed by atoms with Crippen LogP contribution in [0.5, 0.6) is 0 Å². The molecule has 1 aromatic heterocycles. The number of carbonyl (C=O) groups is 1. The Labute approximate surface area is 189 Å². The molecule has 2 aromatic rings. The van der Waals surface area contributed by atoms with Crippen molar-refractivity contribution in [2.24, 2.45) is 0 Å². The minimum atomic E-state index is -0.0372. The third kappa shape index (κ3) is 3.97. The van der Waals surface area contributed by atoms with Gasteiger partial charge in [0, 0.05) is 18.0 Å². The van der Waals surface area contributed by atoms with Crippen LogP contribution in [0.2, 0.25) is 0 Å². The van der Waals surface area contributed by atoms with Gasteiger partial charge in [-0.3, -0.25) is 4.79 Å². The number of carbonyl (C=O) groups excluding carboxylic acids is 1. The highest BCUT2D eigenvalue weighted by Crippen LogP contribution is 2.47. The summed E-state index contributed by atoms with van der Waals surface area (Å²) in [4.78, 5) is 15.8. The first kappa shape index (κ1) is 21.8. The fraction of sp³-hybridized carbons (Fsp3) is 0.423. The van der Waals surface area contributed by atoms with Crippen molar-refractivity contribution in [1.29, 1.82) is 0 Å². The van der Waals surface area contributed by atoms with Gasteiger partial charge in [-0.1, -0.05) is 38.1 Å². The SMILES string of the molecule is CCC(CN(C)CC)c1ccc(C2=C(OC)C=C(C)C3NC(=O)c4sccc4C23)cc1. The van der Waals surface area contributed by atoms with E-state index in [-0.39, 0.29) is 17.9 Å². The molecule has 4 nitrogen and oxygen atoms in total. The van der Waals surface area contributed by atoms with Crippen molar-refractivity contribution in [3.05, 3.63) is 74.7 Å². The van der Waals surface area contributed by atoms with Crippen LogP contribution in [0.25, 0.3) is 5.57 Å². The largest absolute Gasteiger partial charge is 0.496 e. The molecule has 0 spiro atoms. The number of hydrogen-bond acceptors (Lipinski definition) is 4. The lowest BCUT2D eigenvalue weighted by Gasteiger charge is -2.38. The maximum Gasteiger partial charge on any atom is 0.262 e. The summed E-state index contributed by atoms with van der Waals surface area (Å²) >= 11 is 1.51. The average Bonchev–Trinajstić information content (AvgIpc) is 3.28. The Morgan fingerprint density at radius 2 is 1.94 bits per heavy atom. The van der Waals surface area contributed by atoms with Crippen molar-refractivity contribution >= 4 is 22.8 Å². The number of nitrogens with zero attached hydrogens (tertiary/aromatic N) is 1. The van der Waals surface area contributed by atoms with E-state index in [9.17, 15) is 4.79 Å². The third-order valence-electron chi connectivity index (χ3n) is 6.76. The molecule has 0 fully saturated rings. The van der Waals surface area contributed by atoms with Crippen LogP contribution >= 0.6 is 11.3 Å². The number of thiophene rings is 1. The minimum absolute atomic E-state index is 0.0281. The van der Waals surface area contributed by atoms with Gasteiger partial charge in [0.2, 0.25) is 0 Å². The highest BCUT2D eigenvalue weighted by Gasteiger charge is 2.41. The van der Waals surface area contributed by atoms with Crippen LogP contribution in [-0.2, 0) is 4.74 Å². The first-order valence-corrected chi connectivity index (χ1v) is 12.0. The summed E-state index contributed by atoms with van der Waals surface area (Å²) in [6, 6.07) is 11.1. The molecule has 3 unspecified atom stereocenters. The van der Waals surface area contributed by atoms with Crippen LogP contribution in [0.4, 0.5) is 0 Å². The molecule has 31 heavy (non-hydrogen) atoms. The highest BCUT2D eigenvalue weighted by molar-refractivity contribution is 7.12. The molecule has 2 aliphatic rings. The maximum absolute atomic E-state index is 12.6. The van der Waals surface area contributed by atoms with Gasteiger partial charge in [-0.05, 0) is 72.6 Å². The number of amides is 1. The van der Waals surface area contributed by atoms with E-state index in [4.69, 9.17) is 4.74 Å². The molecule has 1 amide bonds. The molecule has 5 heteroatoms. The summed E-state index contributed by atoms with van der Waals surface area (Å²) in [7, 11) is 3.91. The lowest BCUT2D eigenvalue weighted by Crippen LogP contribution is -2.46. The van der Waals surface area contributed by atoms with Crippen molar-refractivity contribution in [3.63, 3.8) is 0 Å². The fourth-order valence-electron chi connectivity index (χ4n) is 4.85. The zero-order valence-electron chi connectivity index (χ0n) is 19.1. The van der Waals surface area contributed by atoms with Gasteiger partial charge >= 0.3 is 0 Å². The van der Waals surface area contributed by atoms with E-state index in [0.29, 0.717) is 5.92 Å². The van der Waals surface area contributed by atoms with E-state index in [1.165, 1.54) is 16.9 Å². The summed E-state index contributed by atoms with van der Waals surface area (Å²) in [6.07, 6.45) is 3.19. The number of methoxy groups -OCH3 is 1. The van der Waals surface area contributed by atoms with E-state index in [2.05, 4.69) is 74.4 Å². The number of nitrogens with one attached hydrogen (secondary N) is 1. The standard InChI is InChI=1S/C26H32N2O2S/c1-6-17(15-28(4)7-2)18-8-10-19(11-9-18)22-21(30-5)14-16(3)24-23(22)20-12-13-31-25(20)26(29)27-24/h8-14,17,23-24H,6-7,15H2,1-5H3,(H,27,29). The van der Waals surface area contributed by atoms with Crippen LogP contribution in [0.1, 0.15) is 65.4 Å². The Bertz CT molecular complexity index is 1020. The smallest absolute Gasteiger partial charge is 0.262 e. The van der Waals surface area contributed by atoms with Gasteiger partial charge in [-0.2, -0.15) is 0 Å². The van der Waals surface area contributed by atoms with E-state index in [0.717, 1.165) is 52.4 Å². The van der Waals surface area contributed by atoms with Gasteiger partial charge in [0.15, 0.2) is 0 Å². The van der Waals surface area contributed by atoms with E-state index in [1.807, 2.05) is 5.38 Å². The maximum atomic E-state index is 12.6. The molecule has 0 bridgehead atoms. The van der Waals surface area contributed by atoms with Crippen LogP contribution in [0.15, 0.2) is 53.1 Å². The Balaban J connectivity index is 1.75. The lowest BCUT2D eigenvalue weighted by atomic mass is 9.73. The molecular formula is C26H32N2O2S. The number of rotatable bonds is 7. The predicted octanol–water partition coefficient (Wildman–Crippen LogP) is 5.41. The molecule has 3 atom stereocenters. The van der Waals surface area contributed by atoms with Gasteiger partial charge in [0.1, 0.15) is 5.76 Å². The van der Waals surface area contributed by atoms with Crippen molar-refractivity contribution in [1.82, 2.24) is 10.2 Å². The second-order valence-electron chi connectivity index (χ2n) is 8.59. The van der Waals surface area contributed by atoms with E-state index >= 15 is 0 Å². The minimum Gasteiger partial charge on any atom is -0.496 e. The molecule has 0 radical (unpaired) electrons. The summed E-state index contributed by atoms with van der Waals surface area (Å²) in [5.74, 6) is 1.50. The Hall–Kier alpha value is -2.37. The molecule has 1 aliphatic heterocycles. The average molecular weight is 437 g/mol. The summed E-state index contributed by atoms with van der Waals surface area (Å²) < 4.78 is 5.85. The number of benzene rings is 1. The molecule has 0 saturated heterocycles. The lowest BCUT2D eigenvalue weighted by molar-refractivity contribution is 0.0932. The van der Waals surface area contributed by atoms with Crippen LogP contribution in [0.3, 0.4) is 0 Å².